The molecule has 106 valence electrons. The molecule has 0 saturated carbocycles. The van der Waals surface area contributed by atoms with Crippen molar-refractivity contribution in [3.8, 4) is 5.75 Å². The molecule has 0 saturated heterocycles. The van der Waals surface area contributed by atoms with Crippen molar-refractivity contribution in [3.05, 3.63) is 35.3 Å². The summed E-state index contributed by atoms with van der Waals surface area (Å²) in [5.74, 6) is 0.597. The minimum Gasteiger partial charge on any atom is -0.493 e. The third-order valence-corrected chi connectivity index (χ3v) is 3.13. The first kappa shape index (κ1) is 14.4. The van der Waals surface area contributed by atoms with Crippen molar-refractivity contribution in [2.24, 2.45) is 0 Å². The van der Waals surface area contributed by atoms with Gasteiger partial charge in [0.2, 0.25) is 11.0 Å². The molecule has 1 N–H and O–H groups in total. The van der Waals surface area contributed by atoms with Crippen LogP contribution in [-0.4, -0.2) is 29.8 Å². The zero-order valence-corrected chi connectivity index (χ0v) is 11.9. The van der Waals surface area contributed by atoms with E-state index in [-0.39, 0.29) is 12.3 Å². The lowest BCUT2D eigenvalue weighted by Gasteiger charge is -2.05. The van der Waals surface area contributed by atoms with Gasteiger partial charge in [-0.15, -0.1) is 10.2 Å². The molecule has 0 unspecified atom stereocenters. The zero-order chi connectivity index (χ0) is 14.2. The van der Waals surface area contributed by atoms with Gasteiger partial charge in [-0.3, -0.25) is 4.79 Å². The lowest BCUT2D eigenvalue weighted by atomic mass is 10.3. The smallest absolute Gasteiger partial charge is 0.229 e. The first-order valence-electron chi connectivity index (χ1n) is 6.07. The molecule has 0 aliphatic heterocycles. The Morgan fingerprint density at radius 1 is 1.30 bits per heavy atom. The first-order valence-corrected chi connectivity index (χ1v) is 6.88. The normalized spacial score (nSPS) is 10.2. The Kier molecular flexibility index (Phi) is 5.45. The number of hydrogen-bond acceptors (Lipinski definition) is 6. The number of nitrogens with one attached hydrogen (secondary N) is 1. The van der Waals surface area contributed by atoms with Crippen LogP contribution in [0.15, 0.2) is 30.3 Å². The van der Waals surface area contributed by atoms with E-state index in [1.54, 1.807) is 7.11 Å². The second-order valence-electron chi connectivity index (χ2n) is 3.89. The van der Waals surface area contributed by atoms with Gasteiger partial charge in [-0.2, -0.15) is 0 Å². The number of benzene rings is 1. The number of anilines is 1. The van der Waals surface area contributed by atoms with Crippen molar-refractivity contribution >= 4 is 22.4 Å². The first-order chi connectivity index (χ1) is 9.78. The van der Waals surface area contributed by atoms with E-state index < -0.39 is 0 Å². The molecule has 7 heteroatoms. The van der Waals surface area contributed by atoms with Gasteiger partial charge in [0.25, 0.3) is 0 Å². The molecule has 0 radical (unpaired) electrons. The zero-order valence-electron chi connectivity index (χ0n) is 11.0. The number of nitrogens with zero attached hydrogens (tertiary/aromatic N) is 2. The highest BCUT2D eigenvalue weighted by Gasteiger charge is 2.08. The van der Waals surface area contributed by atoms with Gasteiger partial charge in [-0.25, -0.2) is 0 Å². The molecule has 0 atom stereocenters. The fraction of sp³-hybridized carbons (Fsp3) is 0.308. The molecule has 0 spiro atoms. The number of carbonyl (C=O) groups excluding carboxylic acids is 1. The van der Waals surface area contributed by atoms with Gasteiger partial charge in [0.05, 0.1) is 13.0 Å². The van der Waals surface area contributed by atoms with Crippen LogP contribution in [0.3, 0.4) is 0 Å². The fourth-order valence-corrected chi connectivity index (χ4v) is 2.17. The van der Waals surface area contributed by atoms with Crippen molar-refractivity contribution in [2.75, 3.05) is 19.0 Å². The fourth-order valence-electron chi connectivity index (χ4n) is 1.45. The molecule has 2 aromatic rings. The largest absolute Gasteiger partial charge is 0.493 e. The average Bonchev–Trinajstić information content (AvgIpc) is 2.88. The minimum atomic E-state index is -0.152. The minimum absolute atomic E-state index is 0.152. The van der Waals surface area contributed by atoms with Crippen LogP contribution in [-0.2, 0) is 16.1 Å². The number of ether oxygens (including phenoxy) is 2. The van der Waals surface area contributed by atoms with Crippen LogP contribution < -0.4 is 10.1 Å². The van der Waals surface area contributed by atoms with E-state index in [4.69, 9.17) is 9.47 Å². The number of carbonyl (C=O) groups is 1. The second kappa shape index (κ2) is 7.56. The van der Waals surface area contributed by atoms with Crippen molar-refractivity contribution in [3.63, 3.8) is 0 Å². The monoisotopic (exact) mass is 293 g/mol. The highest BCUT2D eigenvalue weighted by atomic mass is 32.1. The lowest BCUT2D eigenvalue weighted by molar-refractivity contribution is -0.116. The van der Waals surface area contributed by atoms with Crippen molar-refractivity contribution < 1.29 is 14.3 Å². The molecule has 1 aromatic carbocycles. The molecule has 0 aliphatic carbocycles. The summed E-state index contributed by atoms with van der Waals surface area (Å²) in [6.45, 7) is 0.713. The molecule has 6 nitrogen and oxygen atoms in total. The molecule has 1 heterocycles. The molecular formula is C13H15N3O3S. The van der Waals surface area contributed by atoms with Crippen LogP contribution in [0.1, 0.15) is 11.4 Å². The lowest BCUT2D eigenvalue weighted by Crippen LogP contribution is -2.15. The Morgan fingerprint density at radius 3 is 2.85 bits per heavy atom. The molecule has 0 bridgehead atoms. The van der Waals surface area contributed by atoms with E-state index >= 15 is 0 Å². The van der Waals surface area contributed by atoms with Gasteiger partial charge in [-0.05, 0) is 12.1 Å². The number of hydrogen-bond donors (Lipinski definition) is 1. The van der Waals surface area contributed by atoms with E-state index in [1.807, 2.05) is 30.3 Å². The van der Waals surface area contributed by atoms with Crippen LogP contribution in [0.25, 0.3) is 0 Å². The van der Waals surface area contributed by atoms with Crippen LogP contribution in [0.4, 0.5) is 5.13 Å². The summed E-state index contributed by atoms with van der Waals surface area (Å²) in [6, 6.07) is 9.37. The van der Waals surface area contributed by atoms with Crippen molar-refractivity contribution in [2.45, 2.75) is 13.0 Å². The standard InChI is InChI=1S/C13H15N3O3S/c1-18-9-12-15-16-13(20-12)14-11(17)7-8-19-10-5-3-2-4-6-10/h2-6H,7-9H2,1H3,(H,14,16,17). The maximum atomic E-state index is 11.7. The molecule has 0 aliphatic rings. The number of aromatic nitrogens is 2. The summed E-state index contributed by atoms with van der Waals surface area (Å²) in [6.07, 6.45) is 0.258. The maximum Gasteiger partial charge on any atom is 0.229 e. The number of amides is 1. The van der Waals surface area contributed by atoms with Gasteiger partial charge in [0.1, 0.15) is 17.4 Å². The average molecular weight is 293 g/mol. The van der Waals surface area contributed by atoms with Gasteiger partial charge >= 0.3 is 0 Å². The Hall–Kier alpha value is -1.99. The quantitative estimate of drug-likeness (QED) is 0.846. The predicted octanol–water partition coefficient (Wildman–Crippen LogP) is 2.09. The molecule has 0 fully saturated rings. The third-order valence-electron chi connectivity index (χ3n) is 2.32. The van der Waals surface area contributed by atoms with Gasteiger partial charge < -0.3 is 14.8 Å². The Balaban J connectivity index is 1.72. The summed E-state index contributed by atoms with van der Waals surface area (Å²) < 4.78 is 10.4. The molecule has 20 heavy (non-hydrogen) atoms. The van der Waals surface area contributed by atoms with Crippen LogP contribution >= 0.6 is 11.3 Å². The SMILES string of the molecule is COCc1nnc(NC(=O)CCOc2ccccc2)s1. The topological polar surface area (TPSA) is 73.3 Å². The summed E-state index contributed by atoms with van der Waals surface area (Å²) in [4.78, 5) is 11.7. The highest BCUT2D eigenvalue weighted by Crippen LogP contribution is 2.16. The number of para-hydroxylation sites is 1. The third kappa shape index (κ3) is 4.60. The van der Waals surface area contributed by atoms with Gasteiger partial charge in [0.15, 0.2) is 0 Å². The van der Waals surface area contributed by atoms with E-state index in [2.05, 4.69) is 15.5 Å². The van der Waals surface area contributed by atoms with E-state index in [0.717, 1.165) is 10.8 Å². The number of rotatable bonds is 7. The molecule has 2 rings (SSSR count). The Morgan fingerprint density at radius 2 is 2.10 bits per heavy atom. The molecule has 1 aromatic heterocycles. The van der Waals surface area contributed by atoms with Crippen LogP contribution in [0, 0.1) is 0 Å². The maximum absolute atomic E-state index is 11.7. The van der Waals surface area contributed by atoms with Crippen LogP contribution in [0.5, 0.6) is 5.75 Å². The van der Waals surface area contributed by atoms with E-state index in [1.165, 1.54) is 11.3 Å². The summed E-state index contributed by atoms with van der Waals surface area (Å²) in [5, 5.41) is 11.6. The molecule has 1 amide bonds. The Labute approximate surface area is 120 Å². The second-order valence-corrected chi connectivity index (χ2v) is 4.96. The van der Waals surface area contributed by atoms with E-state index in [9.17, 15) is 4.79 Å². The highest BCUT2D eigenvalue weighted by molar-refractivity contribution is 7.15. The summed E-state index contributed by atoms with van der Waals surface area (Å²) >= 11 is 1.30. The van der Waals surface area contributed by atoms with Gasteiger partial charge in [-0.1, -0.05) is 29.5 Å². The summed E-state index contributed by atoms with van der Waals surface area (Å²) in [5.41, 5.74) is 0. The van der Waals surface area contributed by atoms with Gasteiger partial charge in [0, 0.05) is 7.11 Å². The van der Waals surface area contributed by atoms with E-state index in [0.29, 0.717) is 18.3 Å². The van der Waals surface area contributed by atoms with Crippen LogP contribution in [0.2, 0.25) is 0 Å². The molecular weight excluding hydrogens is 278 g/mol. The van der Waals surface area contributed by atoms with Crippen molar-refractivity contribution in [1.29, 1.82) is 0 Å². The Bertz CT molecular complexity index is 545. The van der Waals surface area contributed by atoms with Crippen molar-refractivity contribution in [1.82, 2.24) is 10.2 Å². The predicted molar refractivity (Wildman–Crippen MR) is 75.8 cm³/mol. The number of methoxy groups -OCH3 is 1. The summed E-state index contributed by atoms with van der Waals surface area (Å²) in [7, 11) is 1.58.